The first-order valence-corrected chi connectivity index (χ1v) is 6.73. The summed E-state index contributed by atoms with van der Waals surface area (Å²) in [6.07, 6.45) is 0.866. The number of nitrogens with two attached hydrogens (primary N) is 1. The van der Waals surface area contributed by atoms with E-state index in [0.717, 1.165) is 11.3 Å². The first kappa shape index (κ1) is 13.1. The lowest BCUT2D eigenvalue weighted by Crippen LogP contribution is -2.03. The van der Waals surface area contributed by atoms with Crippen molar-refractivity contribution in [1.29, 1.82) is 0 Å². The molecule has 0 aliphatic rings. The molecule has 0 fully saturated rings. The molecular formula is C15H16FNS. The second-order valence-corrected chi connectivity index (χ2v) is 5.32. The van der Waals surface area contributed by atoms with Crippen molar-refractivity contribution < 1.29 is 4.39 Å². The molecule has 0 unspecified atom stereocenters. The van der Waals surface area contributed by atoms with Crippen LogP contribution in [0.2, 0.25) is 0 Å². The fourth-order valence-electron chi connectivity index (χ4n) is 1.79. The minimum absolute atomic E-state index is 0.203. The first-order chi connectivity index (χ1) is 8.69. The molecule has 0 saturated heterocycles. The lowest BCUT2D eigenvalue weighted by molar-refractivity contribution is 0.626. The van der Waals surface area contributed by atoms with Crippen LogP contribution in [0.3, 0.4) is 0 Å². The highest BCUT2D eigenvalue weighted by molar-refractivity contribution is 7.99. The van der Waals surface area contributed by atoms with Gasteiger partial charge in [0.1, 0.15) is 5.82 Å². The number of aryl methyl sites for hydroxylation is 1. The average molecular weight is 261 g/mol. The third-order valence-corrected chi connectivity index (χ3v) is 3.80. The van der Waals surface area contributed by atoms with Crippen LogP contribution in [-0.4, -0.2) is 6.54 Å². The molecule has 94 valence electrons. The summed E-state index contributed by atoms with van der Waals surface area (Å²) in [5.74, 6) is -0.203. The number of rotatable bonds is 4. The molecular weight excluding hydrogens is 245 g/mol. The molecule has 0 spiro atoms. The fourth-order valence-corrected chi connectivity index (χ4v) is 2.74. The highest BCUT2D eigenvalue weighted by atomic mass is 32.2. The summed E-state index contributed by atoms with van der Waals surface area (Å²) in [6.45, 7) is 2.72. The molecule has 0 heterocycles. The van der Waals surface area contributed by atoms with Gasteiger partial charge in [0.2, 0.25) is 0 Å². The molecule has 0 aliphatic carbocycles. The van der Waals surface area contributed by atoms with Crippen molar-refractivity contribution >= 4 is 11.8 Å². The Bertz CT molecular complexity index is 523. The minimum atomic E-state index is -0.203. The Morgan fingerprint density at radius 3 is 2.50 bits per heavy atom. The van der Waals surface area contributed by atoms with Gasteiger partial charge < -0.3 is 5.73 Å². The van der Waals surface area contributed by atoms with E-state index in [1.54, 1.807) is 23.9 Å². The van der Waals surface area contributed by atoms with Crippen molar-refractivity contribution in [2.75, 3.05) is 6.54 Å². The van der Waals surface area contributed by atoms with Crippen molar-refractivity contribution in [2.45, 2.75) is 23.1 Å². The molecule has 0 bridgehead atoms. The van der Waals surface area contributed by atoms with E-state index in [2.05, 4.69) is 25.1 Å². The van der Waals surface area contributed by atoms with Gasteiger partial charge in [-0.1, -0.05) is 29.5 Å². The van der Waals surface area contributed by atoms with Crippen LogP contribution in [0, 0.1) is 12.7 Å². The van der Waals surface area contributed by atoms with Crippen molar-refractivity contribution in [3.63, 3.8) is 0 Å². The van der Waals surface area contributed by atoms with Gasteiger partial charge in [-0.2, -0.15) is 0 Å². The normalized spacial score (nSPS) is 10.6. The van der Waals surface area contributed by atoms with Crippen LogP contribution < -0.4 is 5.73 Å². The first-order valence-electron chi connectivity index (χ1n) is 5.92. The summed E-state index contributed by atoms with van der Waals surface area (Å²) in [4.78, 5) is 2.23. The molecule has 0 aliphatic heterocycles. The Labute approximate surface area is 111 Å². The highest BCUT2D eigenvalue weighted by Gasteiger charge is 2.04. The van der Waals surface area contributed by atoms with Gasteiger partial charge in [-0.25, -0.2) is 4.39 Å². The molecule has 0 amide bonds. The molecule has 2 N–H and O–H groups in total. The molecule has 0 aromatic heterocycles. The van der Waals surface area contributed by atoms with E-state index in [9.17, 15) is 4.39 Å². The van der Waals surface area contributed by atoms with Crippen molar-refractivity contribution in [3.05, 3.63) is 59.4 Å². The topological polar surface area (TPSA) is 26.0 Å². The lowest BCUT2D eigenvalue weighted by Gasteiger charge is -2.09. The van der Waals surface area contributed by atoms with Crippen LogP contribution in [0.25, 0.3) is 0 Å². The summed E-state index contributed by atoms with van der Waals surface area (Å²) in [6, 6.07) is 12.9. The lowest BCUT2D eigenvalue weighted by atomic mass is 10.1. The maximum absolute atomic E-state index is 12.9. The van der Waals surface area contributed by atoms with E-state index in [0.29, 0.717) is 6.54 Å². The predicted octanol–water partition coefficient (Wildman–Crippen LogP) is 3.79. The van der Waals surface area contributed by atoms with Gasteiger partial charge in [0, 0.05) is 9.79 Å². The van der Waals surface area contributed by atoms with Gasteiger partial charge in [-0.3, -0.25) is 0 Å². The molecule has 0 saturated carbocycles. The molecule has 0 radical (unpaired) electrons. The Hall–Kier alpha value is -1.32. The average Bonchev–Trinajstić information content (AvgIpc) is 2.36. The van der Waals surface area contributed by atoms with Gasteiger partial charge in [-0.05, 0) is 55.8 Å². The number of benzene rings is 2. The van der Waals surface area contributed by atoms with Crippen molar-refractivity contribution in [2.24, 2.45) is 5.73 Å². The molecule has 1 nitrogen and oxygen atoms in total. The van der Waals surface area contributed by atoms with E-state index in [1.165, 1.54) is 28.2 Å². The van der Waals surface area contributed by atoms with E-state index in [4.69, 9.17) is 5.73 Å². The van der Waals surface area contributed by atoms with Crippen LogP contribution >= 0.6 is 11.8 Å². The second-order valence-electron chi connectivity index (χ2n) is 4.21. The predicted molar refractivity (Wildman–Crippen MR) is 74.5 cm³/mol. The molecule has 0 atom stereocenters. The molecule has 2 aromatic carbocycles. The molecule has 2 aromatic rings. The Balaban J connectivity index is 2.25. The number of hydrogen-bond acceptors (Lipinski definition) is 2. The smallest absolute Gasteiger partial charge is 0.123 e. The quantitative estimate of drug-likeness (QED) is 0.906. The molecule has 3 heteroatoms. The van der Waals surface area contributed by atoms with Crippen LogP contribution in [0.15, 0.2) is 52.3 Å². The van der Waals surface area contributed by atoms with Gasteiger partial charge >= 0.3 is 0 Å². The maximum atomic E-state index is 12.9. The van der Waals surface area contributed by atoms with Crippen LogP contribution in [-0.2, 0) is 6.42 Å². The van der Waals surface area contributed by atoms with Crippen LogP contribution in [0.1, 0.15) is 11.1 Å². The standard InChI is InChI=1S/C15H16FNS/c1-11-2-7-15(12(10-11)8-9-17)18-14-5-3-13(16)4-6-14/h2-7,10H,8-9,17H2,1H3. The Kier molecular flexibility index (Phi) is 4.39. The van der Waals surface area contributed by atoms with E-state index in [1.807, 2.05) is 0 Å². The SMILES string of the molecule is Cc1ccc(Sc2ccc(F)cc2)c(CCN)c1. The highest BCUT2D eigenvalue weighted by Crippen LogP contribution is 2.31. The zero-order valence-electron chi connectivity index (χ0n) is 10.3. The minimum Gasteiger partial charge on any atom is -0.330 e. The van der Waals surface area contributed by atoms with Gasteiger partial charge in [0.25, 0.3) is 0 Å². The number of halogens is 1. The maximum Gasteiger partial charge on any atom is 0.123 e. The Morgan fingerprint density at radius 1 is 1.11 bits per heavy atom. The second kappa shape index (κ2) is 6.03. The third kappa shape index (κ3) is 3.34. The summed E-state index contributed by atoms with van der Waals surface area (Å²) in [5.41, 5.74) is 8.13. The van der Waals surface area contributed by atoms with Gasteiger partial charge in [0.05, 0.1) is 0 Å². The summed E-state index contributed by atoms with van der Waals surface area (Å²) < 4.78 is 12.9. The summed E-state index contributed by atoms with van der Waals surface area (Å²) in [5, 5.41) is 0. The van der Waals surface area contributed by atoms with Crippen molar-refractivity contribution in [1.82, 2.24) is 0 Å². The van der Waals surface area contributed by atoms with Crippen LogP contribution in [0.4, 0.5) is 4.39 Å². The van der Waals surface area contributed by atoms with Gasteiger partial charge in [0.15, 0.2) is 0 Å². The number of hydrogen-bond donors (Lipinski definition) is 1. The van der Waals surface area contributed by atoms with E-state index < -0.39 is 0 Å². The van der Waals surface area contributed by atoms with E-state index in [-0.39, 0.29) is 5.82 Å². The van der Waals surface area contributed by atoms with Gasteiger partial charge in [-0.15, -0.1) is 0 Å². The van der Waals surface area contributed by atoms with Crippen molar-refractivity contribution in [3.8, 4) is 0 Å². The molecule has 18 heavy (non-hydrogen) atoms. The largest absolute Gasteiger partial charge is 0.330 e. The summed E-state index contributed by atoms with van der Waals surface area (Å²) >= 11 is 1.65. The van der Waals surface area contributed by atoms with Crippen LogP contribution in [0.5, 0.6) is 0 Å². The third-order valence-electron chi connectivity index (χ3n) is 2.67. The monoisotopic (exact) mass is 261 g/mol. The fraction of sp³-hybridized carbons (Fsp3) is 0.200. The summed E-state index contributed by atoms with van der Waals surface area (Å²) in [7, 11) is 0. The zero-order valence-corrected chi connectivity index (χ0v) is 11.1. The zero-order chi connectivity index (χ0) is 13.0. The van der Waals surface area contributed by atoms with E-state index >= 15 is 0 Å². The Morgan fingerprint density at radius 2 is 1.83 bits per heavy atom. The molecule has 2 rings (SSSR count).